The second-order valence-electron chi connectivity index (χ2n) is 4.18. The number of hydrogen-bond donors (Lipinski definition) is 2. The number of amides is 1. The summed E-state index contributed by atoms with van der Waals surface area (Å²) in [5.41, 5.74) is 0.784. The molecule has 0 bridgehead atoms. The van der Waals surface area contributed by atoms with Crippen LogP contribution in [0.15, 0.2) is 51.8 Å². The number of carboxylic acids is 1. The number of carbonyl (C=O) groups is 2. The number of nitrogens with one attached hydrogen (secondary N) is 1. The first-order valence-corrected chi connectivity index (χ1v) is 8.01. The molecule has 2 aromatic carbocycles. The Morgan fingerprint density at radius 1 is 1.14 bits per heavy atom. The van der Waals surface area contributed by atoms with E-state index in [1.165, 1.54) is 6.07 Å². The largest absolute Gasteiger partial charge is 0.478 e. The average molecular weight is 366 g/mol. The lowest BCUT2D eigenvalue weighted by Crippen LogP contribution is -2.14. The predicted molar refractivity (Wildman–Crippen MR) is 87.3 cm³/mol. The maximum absolute atomic E-state index is 12.2. The monoisotopic (exact) mass is 365 g/mol. The number of carbonyl (C=O) groups excluding carboxylic acids is 1. The lowest BCUT2D eigenvalue weighted by molar-refractivity contribution is 0.0698. The van der Waals surface area contributed by atoms with E-state index in [2.05, 4.69) is 21.2 Å². The maximum atomic E-state index is 12.2. The van der Waals surface area contributed by atoms with Crippen LogP contribution in [0.3, 0.4) is 0 Å². The molecule has 0 fully saturated rings. The van der Waals surface area contributed by atoms with E-state index in [-0.39, 0.29) is 17.2 Å². The Bertz CT molecular complexity index is 686. The van der Waals surface area contributed by atoms with Crippen molar-refractivity contribution in [2.75, 3.05) is 11.6 Å². The van der Waals surface area contributed by atoms with Crippen molar-refractivity contribution in [3.05, 3.63) is 58.1 Å². The van der Waals surface area contributed by atoms with Crippen LogP contribution in [0.1, 0.15) is 20.7 Å². The van der Waals surface area contributed by atoms with Gasteiger partial charge in [0, 0.05) is 14.9 Å². The van der Waals surface area contributed by atoms with Crippen molar-refractivity contribution in [3.8, 4) is 0 Å². The number of halogens is 1. The zero-order chi connectivity index (χ0) is 15.4. The molecule has 0 aliphatic carbocycles. The minimum absolute atomic E-state index is 0.0484. The van der Waals surface area contributed by atoms with Gasteiger partial charge in [0.25, 0.3) is 5.91 Å². The minimum Gasteiger partial charge on any atom is -0.478 e. The SMILES string of the molecule is CSc1ccc(C(=O)Nc2cc(Br)ccc2C(=O)O)cc1. The summed E-state index contributed by atoms with van der Waals surface area (Å²) in [6, 6.07) is 11.7. The van der Waals surface area contributed by atoms with Crippen LogP contribution in [0.2, 0.25) is 0 Å². The lowest BCUT2D eigenvalue weighted by Gasteiger charge is -2.09. The van der Waals surface area contributed by atoms with Gasteiger partial charge in [-0.25, -0.2) is 4.79 Å². The Labute approximate surface area is 134 Å². The van der Waals surface area contributed by atoms with Crippen LogP contribution in [0.25, 0.3) is 0 Å². The van der Waals surface area contributed by atoms with E-state index in [0.29, 0.717) is 10.0 Å². The smallest absolute Gasteiger partial charge is 0.337 e. The molecule has 0 aliphatic heterocycles. The first-order chi connectivity index (χ1) is 10.0. The Hall–Kier alpha value is -1.79. The summed E-state index contributed by atoms with van der Waals surface area (Å²) in [5.74, 6) is -1.43. The van der Waals surface area contributed by atoms with Crippen molar-refractivity contribution < 1.29 is 14.7 Å². The highest BCUT2D eigenvalue weighted by molar-refractivity contribution is 9.10. The van der Waals surface area contributed by atoms with E-state index in [4.69, 9.17) is 5.11 Å². The third kappa shape index (κ3) is 3.86. The fraction of sp³-hybridized carbons (Fsp3) is 0.0667. The first-order valence-electron chi connectivity index (χ1n) is 5.99. The topological polar surface area (TPSA) is 66.4 Å². The normalized spacial score (nSPS) is 10.2. The molecule has 2 aromatic rings. The molecule has 21 heavy (non-hydrogen) atoms. The van der Waals surface area contributed by atoms with Crippen LogP contribution in [0, 0.1) is 0 Å². The number of anilines is 1. The van der Waals surface area contributed by atoms with Gasteiger partial charge >= 0.3 is 5.97 Å². The molecule has 0 saturated carbocycles. The van der Waals surface area contributed by atoms with Crippen LogP contribution < -0.4 is 5.32 Å². The molecule has 0 aliphatic rings. The first kappa shape index (κ1) is 15.6. The van der Waals surface area contributed by atoms with Crippen LogP contribution >= 0.6 is 27.7 Å². The lowest BCUT2D eigenvalue weighted by atomic mass is 10.1. The van der Waals surface area contributed by atoms with Gasteiger partial charge in [-0.3, -0.25) is 4.79 Å². The molecule has 4 nitrogen and oxygen atoms in total. The zero-order valence-electron chi connectivity index (χ0n) is 11.1. The molecule has 2 N–H and O–H groups in total. The molecular weight excluding hydrogens is 354 g/mol. The fourth-order valence-corrected chi connectivity index (χ4v) is 2.51. The van der Waals surface area contributed by atoms with Crippen molar-refractivity contribution in [1.82, 2.24) is 0 Å². The van der Waals surface area contributed by atoms with Crippen LogP contribution in [-0.2, 0) is 0 Å². The Balaban J connectivity index is 2.26. The zero-order valence-corrected chi connectivity index (χ0v) is 13.5. The fourth-order valence-electron chi connectivity index (χ4n) is 1.74. The van der Waals surface area contributed by atoms with Crippen LogP contribution in [-0.4, -0.2) is 23.2 Å². The molecule has 0 atom stereocenters. The van der Waals surface area contributed by atoms with E-state index in [1.54, 1.807) is 36.0 Å². The molecule has 0 spiro atoms. The molecule has 2 rings (SSSR count). The van der Waals surface area contributed by atoms with Crippen molar-refractivity contribution in [3.63, 3.8) is 0 Å². The number of hydrogen-bond acceptors (Lipinski definition) is 3. The Kier molecular flexibility index (Phi) is 5.03. The van der Waals surface area contributed by atoms with Crippen molar-refractivity contribution in [2.24, 2.45) is 0 Å². The molecular formula is C15H12BrNO3S. The highest BCUT2D eigenvalue weighted by Crippen LogP contribution is 2.23. The van der Waals surface area contributed by atoms with Gasteiger partial charge in [0.1, 0.15) is 0 Å². The summed E-state index contributed by atoms with van der Waals surface area (Å²) >= 11 is 4.85. The molecule has 1 amide bonds. The molecule has 0 unspecified atom stereocenters. The quantitative estimate of drug-likeness (QED) is 0.799. The van der Waals surface area contributed by atoms with Crippen LogP contribution in [0.4, 0.5) is 5.69 Å². The molecule has 0 saturated heterocycles. The highest BCUT2D eigenvalue weighted by atomic mass is 79.9. The van der Waals surface area contributed by atoms with Gasteiger partial charge in [-0.1, -0.05) is 15.9 Å². The summed E-state index contributed by atoms with van der Waals surface area (Å²) in [6.07, 6.45) is 1.95. The van der Waals surface area contributed by atoms with Gasteiger partial charge in [-0.05, 0) is 48.7 Å². The number of carboxylic acid groups (broad SMARTS) is 1. The summed E-state index contributed by atoms with van der Waals surface area (Å²) in [7, 11) is 0. The van der Waals surface area contributed by atoms with Crippen molar-refractivity contribution in [1.29, 1.82) is 0 Å². The van der Waals surface area contributed by atoms with Gasteiger partial charge in [0.15, 0.2) is 0 Å². The van der Waals surface area contributed by atoms with E-state index >= 15 is 0 Å². The summed E-state index contributed by atoms with van der Waals surface area (Å²) in [5, 5.41) is 11.8. The second-order valence-corrected chi connectivity index (χ2v) is 5.97. The highest BCUT2D eigenvalue weighted by Gasteiger charge is 2.14. The van der Waals surface area contributed by atoms with Crippen molar-refractivity contribution >= 4 is 45.3 Å². The predicted octanol–water partition coefficient (Wildman–Crippen LogP) is 4.12. The van der Waals surface area contributed by atoms with Gasteiger partial charge in [-0.2, -0.15) is 0 Å². The molecule has 0 heterocycles. The summed E-state index contributed by atoms with van der Waals surface area (Å²) < 4.78 is 0.695. The van der Waals surface area contributed by atoms with E-state index in [1.807, 2.05) is 18.4 Å². The van der Waals surface area contributed by atoms with E-state index in [9.17, 15) is 9.59 Å². The average Bonchev–Trinajstić information content (AvgIpc) is 2.47. The Morgan fingerprint density at radius 2 is 1.81 bits per heavy atom. The van der Waals surface area contributed by atoms with Gasteiger partial charge in [-0.15, -0.1) is 11.8 Å². The van der Waals surface area contributed by atoms with Gasteiger partial charge in [0.2, 0.25) is 0 Å². The number of thioether (sulfide) groups is 1. The van der Waals surface area contributed by atoms with E-state index < -0.39 is 5.97 Å². The van der Waals surface area contributed by atoms with Gasteiger partial charge < -0.3 is 10.4 Å². The second kappa shape index (κ2) is 6.78. The number of benzene rings is 2. The molecule has 0 aromatic heterocycles. The number of rotatable bonds is 4. The minimum atomic E-state index is -1.09. The molecule has 0 radical (unpaired) electrons. The third-order valence-corrected chi connectivity index (χ3v) is 4.05. The molecule has 6 heteroatoms. The third-order valence-electron chi connectivity index (χ3n) is 2.81. The Morgan fingerprint density at radius 3 is 2.38 bits per heavy atom. The summed E-state index contributed by atoms with van der Waals surface area (Å²) in [4.78, 5) is 24.4. The molecule has 108 valence electrons. The summed E-state index contributed by atoms with van der Waals surface area (Å²) in [6.45, 7) is 0. The standard InChI is InChI=1S/C15H12BrNO3S/c1-21-11-5-2-9(3-6-11)14(18)17-13-8-10(16)4-7-12(13)15(19)20/h2-8H,1H3,(H,17,18)(H,19,20). The maximum Gasteiger partial charge on any atom is 0.337 e. The van der Waals surface area contributed by atoms with Crippen molar-refractivity contribution in [2.45, 2.75) is 4.90 Å². The van der Waals surface area contributed by atoms with Crippen LogP contribution in [0.5, 0.6) is 0 Å². The van der Waals surface area contributed by atoms with Gasteiger partial charge in [0.05, 0.1) is 11.3 Å². The van der Waals surface area contributed by atoms with E-state index in [0.717, 1.165) is 4.90 Å². The number of aromatic carboxylic acids is 1.